The highest BCUT2D eigenvalue weighted by molar-refractivity contribution is 7.92. The molecule has 2 fully saturated rings. The number of allylic oxidation sites excluding steroid dienone is 1. The molecule has 8 heteroatoms. The molecule has 0 aromatic heterocycles. The van der Waals surface area contributed by atoms with Crippen molar-refractivity contribution in [3.8, 4) is 0 Å². The fourth-order valence-corrected chi connectivity index (χ4v) is 6.01. The molecule has 0 unspecified atom stereocenters. The van der Waals surface area contributed by atoms with E-state index >= 15 is 0 Å². The van der Waals surface area contributed by atoms with Gasteiger partial charge in [0.2, 0.25) is 5.91 Å². The van der Waals surface area contributed by atoms with Gasteiger partial charge < -0.3 is 9.64 Å². The van der Waals surface area contributed by atoms with Gasteiger partial charge in [0.15, 0.2) is 0 Å². The zero-order valence-electron chi connectivity index (χ0n) is 18.1. The Morgan fingerprint density at radius 1 is 1.09 bits per heavy atom. The standard InChI is InChI=1S/C25H26N2O5S/c1-2-9-21-23-22(14-16-26(23)25(29)32-18-20-12-7-4-8-13-20)27(24(21)28)33(30,31)17-15-19-10-5-3-6-11-19/h2-8,10-13,15,17,21-23H,1,9,14,16,18H2/b17-15+/t21-,22+,23-/m1/s1. The van der Waals surface area contributed by atoms with Crippen molar-refractivity contribution < 1.29 is 22.7 Å². The zero-order chi connectivity index (χ0) is 23.4. The molecule has 172 valence electrons. The maximum absolute atomic E-state index is 13.2. The van der Waals surface area contributed by atoms with Crippen LogP contribution in [0.3, 0.4) is 0 Å². The first-order valence-electron chi connectivity index (χ1n) is 10.8. The van der Waals surface area contributed by atoms with E-state index in [1.54, 1.807) is 30.3 Å². The van der Waals surface area contributed by atoms with E-state index in [1.165, 1.54) is 11.0 Å². The summed E-state index contributed by atoms with van der Waals surface area (Å²) in [4.78, 5) is 27.6. The summed E-state index contributed by atoms with van der Waals surface area (Å²) in [6.07, 6.45) is 3.15. The molecule has 33 heavy (non-hydrogen) atoms. The SMILES string of the molecule is C=CC[C@H]1C(=O)N(S(=O)(=O)/C=C/c2ccccc2)[C@H]2CCN(C(=O)OCc3ccccc3)[C@H]12. The van der Waals surface area contributed by atoms with E-state index in [2.05, 4.69) is 6.58 Å². The highest BCUT2D eigenvalue weighted by atomic mass is 32.2. The Kier molecular flexibility index (Phi) is 6.65. The van der Waals surface area contributed by atoms with Crippen LogP contribution in [0, 0.1) is 5.92 Å². The van der Waals surface area contributed by atoms with Crippen molar-refractivity contribution in [2.24, 2.45) is 5.92 Å². The molecule has 0 aliphatic carbocycles. The topological polar surface area (TPSA) is 84.0 Å². The van der Waals surface area contributed by atoms with Gasteiger partial charge in [0.1, 0.15) is 6.61 Å². The van der Waals surface area contributed by atoms with E-state index in [4.69, 9.17) is 4.74 Å². The number of benzene rings is 2. The summed E-state index contributed by atoms with van der Waals surface area (Å²) in [5.74, 6) is -1.19. The summed E-state index contributed by atoms with van der Waals surface area (Å²) in [7, 11) is -4.03. The first kappa shape index (κ1) is 22.8. The Morgan fingerprint density at radius 3 is 2.42 bits per heavy atom. The van der Waals surface area contributed by atoms with E-state index < -0.39 is 40.0 Å². The Morgan fingerprint density at radius 2 is 1.76 bits per heavy atom. The molecular weight excluding hydrogens is 440 g/mol. The van der Waals surface area contributed by atoms with E-state index in [0.717, 1.165) is 15.3 Å². The molecule has 2 aliphatic rings. The Hall–Kier alpha value is -3.39. The average molecular weight is 467 g/mol. The number of nitrogens with zero attached hydrogens (tertiary/aromatic N) is 2. The Balaban J connectivity index is 1.55. The predicted molar refractivity (Wildman–Crippen MR) is 125 cm³/mol. The minimum atomic E-state index is -4.03. The number of rotatable bonds is 7. The van der Waals surface area contributed by atoms with Crippen LogP contribution in [-0.4, -0.2) is 48.3 Å². The lowest BCUT2D eigenvalue weighted by Gasteiger charge is -2.26. The van der Waals surface area contributed by atoms with Crippen molar-refractivity contribution in [3.63, 3.8) is 0 Å². The second-order valence-electron chi connectivity index (χ2n) is 8.10. The molecular formula is C25H26N2O5S. The van der Waals surface area contributed by atoms with Crippen LogP contribution in [0.2, 0.25) is 0 Å². The minimum absolute atomic E-state index is 0.107. The number of hydrogen-bond donors (Lipinski definition) is 0. The molecule has 2 aliphatic heterocycles. The van der Waals surface area contributed by atoms with Gasteiger partial charge >= 0.3 is 6.09 Å². The van der Waals surface area contributed by atoms with Crippen LogP contribution < -0.4 is 0 Å². The molecule has 0 radical (unpaired) electrons. The lowest BCUT2D eigenvalue weighted by Crippen LogP contribution is -2.43. The highest BCUT2D eigenvalue weighted by Crippen LogP contribution is 2.40. The van der Waals surface area contributed by atoms with Crippen LogP contribution in [0.15, 0.2) is 78.7 Å². The van der Waals surface area contributed by atoms with E-state index in [1.807, 2.05) is 36.4 Å². The van der Waals surface area contributed by atoms with E-state index in [-0.39, 0.29) is 13.0 Å². The first-order chi connectivity index (χ1) is 15.9. The summed E-state index contributed by atoms with van der Waals surface area (Å²) >= 11 is 0. The third-order valence-corrected chi connectivity index (χ3v) is 7.51. The van der Waals surface area contributed by atoms with Crippen molar-refractivity contribution in [1.29, 1.82) is 0 Å². The number of carbonyl (C=O) groups excluding carboxylic acids is 2. The Bertz CT molecular complexity index is 1150. The zero-order valence-corrected chi connectivity index (χ0v) is 18.9. The summed E-state index contributed by atoms with van der Waals surface area (Å²) in [5.41, 5.74) is 1.56. The number of carbonyl (C=O) groups is 2. The lowest BCUT2D eigenvalue weighted by molar-refractivity contribution is -0.128. The largest absolute Gasteiger partial charge is 0.445 e. The van der Waals surface area contributed by atoms with Crippen molar-refractivity contribution in [2.45, 2.75) is 31.5 Å². The van der Waals surface area contributed by atoms with Crippen molar-refractivity contribution in [2.75, 3.05) is 6.54 Å². The molecule has 0 N–H and O–H groups in total. The summed E-state index contributed by atoms with van der Waals surface area (Å²) in [6.45, 7) is 4.14. The monoisotopic (exact) mass is 466 g/mol. The predicted octanol–water partition coefficient (Wildman–Crippen LogP) is 3.80. The van der Waals surface area contributed by atoms with Gasteiger partial charge in [-0.2, -0.15) is 0 Å². The summed E-state index contributed by atoms with van der Waals surface area (Å²) < 4.78 is 32.7. The Labute approximate surface area is 194 Å². The first-order valence-corrected chi connectivity index (χ1v) is 12.3. The average Bonchev–Trinajstić information content (AvgIpc) is 3.36. The van der Waals surface area contributed by atoms with Gasteiger partial charge in [0.25, 0.3) is 10.0 Å². The molecule has 4 rings (SSSR count). The van der Waals surface area contributed by atoms with Gasteiger partial charge in [-0.15, -0.1) is 6.58 Å². The van der Waals surface area contributed by atoms with Crippen LogP contribution >= 0.6 is 0 Å². The molecule has 2 heterocycles. The fourth-order valence-electron chi connectivity index (χ4n) is 4.56. The molecule has 7 nitrogen and oxygen atoms in total. The van der Waals surface area contributed by atoms with Gasteiger partial charge in [-0.1, -0.05) is 66.7 Å². The summed E-state index contributed by atoms with van der Waals surface area (Å²) in [6, 6.07) is 17.1. The van der Waals surface area contributed by atoms with E-state index in [0.29, 0.717) is 18.5 Å². The molecule has 2 saturated heterocycles. The van der Waals surface area contributed by atoms with Crippen LogP contribution in [-0.2, 0) is 26.2 Å². The maximum Gasteiger partial charge on any atom is 0.410 e. The van der Waals surface area contributed by atoms with Crippen molar-refractivity contribution in [1.82, 2.24) is 9.21 Å². The van der Waals surface area contributed by atoms with E-state index in [9.17, 15) is 18.0 Å². The van der Waals surface area contributed by atoms with Gasteiger partial charge in [-0.05, 0) is 30.0 Å². The van der Waals surface area contributed by atoms with Gasteiger partial charge in [0.05, 0.1) is 23.4 Å². The number of hydrogen-bond acceptors (Lipinski definition) is 5. The molecule has 0 bridgehead atoms. The molecule has 0 spiro atoms. The highest BCUT2D eigenvalue weighted by Gasteiger charge is 2.57. The van der Waals surface area contributed by atoms with Crippen LogP contribution in [0.1, 0.15) is 24.0 Å². The quantitative estimate of drug-likeness (QED) is 0.580. The van der Waals surface area contributed by atoms with Crippen LogP contribution in [0.5, 0.6) is 0 Å². The summed E-state index contributed by atoms with van der Waals surface area (Å²) in [5, 5.41) is 1.06. The molecule has 2 aromatic rings. The second-order valence-corrected chi connectivity index (χ2v) is 9.80. The number of sulfonamides is 1. The molecule has 2 amide bonds. The third kappa shape index (κ3) is 4.71. The van der Waals surface area contributed by atoms with Gasteiger partial charge in [-0.3, -0.25) is 4.79 Å². The fraction of sp³-hybridized carbons (Fsp3) is 0.280. The molecule has 2 aromatic carbocycles. The number of likely N-dealkylation sites (tertiary alicyclic amines) is 1. The van der Waals surface area contributed by atoms with Gasteiger partial charge in [-0.25, -0.2) is 17.5 Å². The third-order valence-electron chi connectivity index (χ3n) is 6.03. The molecule has 3 atom stereocenters. The normalized spacial score (nSPS) is 22.5. The maximum atomic E-state index is 13.2. The lowest BCUT2D eigenvalue weighted by atomic mass is 9.96. The van der Waals surface area contributed by atoms with Crippen molar-refractivity contribution >= 4 is 28.1 Å². The van der Waals surface area contributed by atoms with Crippen LogP contribution in [0.4, 0.5) is 4.79 Å². The van der Waals surface area contributed by atoms with Crippen LogP contribution in [0.25, 0.3) is 6.08 Å². The minimum Gasteiger partial charge on any atom is -0.445 e. The second kappa shape index (κ2) is 9.62. The smallest absolute Gasteiger partial charge is 0.410 e. The number of fused-ring (bicyclic) bond motifs is 1. The number of ether oxygens (including phenoxy) is 1. The van der Waals surface area contributed by atoms with Gasteiger partial charge in [0, 0.05) is 6.54 Å². The number of amides is 2. The van der Waals surface area contributed by atoms with Crippen molar-refractivity contribution in [3.05, 3.63) is 89.9 Å². The molecule has 0 saturated carbocycles.